The molecule has 0 aliphatic carbocycles. The second-order valence-corrected chi connectivity index (χ2v) is 9.34. The minimum Gasteiger partial charge on any atom is -0.347 e. The van der Waals surface area contributed by atoms with E-state index in [1.807, 2.05) is 51.1 Å². The minimum absolute atomic E-state index is 0.124. The highest BCUT2D eigenvalue weighted by atomic mass is 16.2. The van der Waals surface area contributed by atoms with Crippen molar-refractivity contribution in [2.24, 2.45) is 5.41 Å². The SMILES string of the molecule is CN1CCCn2c(-c3ccccc3)nc(C(=O)N[C@H](C(=O)N(C)C)C(C)(C)C)c2C1. The van der Waals surface area contributed by atoms with E-state index >= 15 is 0 Å². The largest absolute Gasteiger partial charge is 0.347 e. The van der Waals surface area contributed by atoms with E-state index in [2.05, 4.69) is 21.8 Å². The monoisotopic (exact) mass is 411 g/mol. The number of rotatable bonds is 4. The third-order valence-electron chi connectivity index (χ3n) is 5.49. The minimum atomic E-state index is -0.638. The van der Waals surface area contributed by atoms with Crippen molar-refractivity contribution in [3.63, 3.8) is 0 Å². The quantitative estimate of drug-likeness (QED) is 0.840. The zero-order valence-electron chi connectivity index (χ0n) is 18.9. The first-order valence-corrected chi connectivity index (χ1v) is 10.4. The van der Waals surface area contributed by atoms with Gasteiger partial charge in [-0.25, -0.2) is 4.98 Å². The van der Waals surface area contributed by atoms with Crippen molar-refractivity contribution in [1.29, 1.82) is 0 Å². The van der Waals surface area contributed by atoms with E-state index in [1.54, 1.807) is 14.1 Å². The van der Waals surface area contributed by atoms with Crippen molar-refractivity contribution in [3.05, 3.63) is 41.7 Å². The van der Waals surface area contributed by atoms with Crippen molar-refractivity contribution in [1.82, 2.24) is 24.7 Å². The lowest BCUT2D eigenvalue weighted by molar-refractivity contribution is -0.133. The van der Waals surface area contributed by atoms with Crippen LogP contribution in [-0.2, 0) is 17.9 Å². The zero-order valence-corrected chi connectivity index (χ0v) is 18.9. The molecule has 0 spiro atoms. The Bertz CT molecular complexity index is 912. The average Bonchev–Trinajstić information content (AvgIpc) is 2.92. The highest BCUT2D eigenvalue weighted by Gasteiger charge is 2.35. The van der Waals surface area contributed by atoms with E-state index in [9.17, 15) is 9.59 Å². The summed E-state index contributed by atoms with van der Waals surface area (Å²) in [5.41, 5.74) is 1.87. The molecule has 1 atom stereocenters. The second-order valence-electron chi connectivity index (χ2n) is 9.34. The number of hydrogen-bond donors (Lipinski definition) is 1. The third kappa shape index (κ3) is 4.56. The van der Waals surface area contributed by atoms with Crippen LogP contribution in [0.5, 0.6) is 0 Å². The fraction of sp³-hybridized carbons (Fsp3) is 0.522. The Balaban J connectivity index is 2.03. The van der Waals surface area contributed by atoms with Crippen LogP contribution in [0.3, 0.4) is 0 Å². The van der Waals surface area contributed by atoms with E-state index in [0.717, 1.165) is 36.6 Å². The Hall–Kier alpha value is -2.67. The maximum Gasteiger partial charge on any atom is 0.272 e. The molecule has 2 aromatic rings. The summed E-state index contributed by atoms with van der Waals surface area (Å²) in [6.07, 6.45) is 0.991. The molecule has 7 heteroatoms. The number of imidazole rings is 1. The van der Waals surface area contributed by atoms with Gasteiger partial charge in [-0.15, -0.1) is 0 Å². The van der Waals surface area contributed by atoms with E-state index in [-0.39, 0.29) is 11.8 Å². The summed E-state index contributed by atoms with van der Waals surface area (Å²) >= 11 is 0. The van der Waals surface area contributed by atoms with Gasteiger partial charge in [0.2, 0.25) is 5.91 Å². The fourth-order valence-corrected chi connectivity index (χ4v) is 3.82. The molecule has 3 rings (SSSR count). The molecule has 1 aromatic carbocycles. The first kappa shape index (κ1) is 22.0. The number of amides is 2. The first-order valence-electron chi connectivity index (χ1n) is 10.4. The van der Waals surface area contributed by atoms with Crippen LogP contribution in [0, 0.1) is 5.41 Å². The van der Waals surface area contributed by atoms with Crippen LogP contribution in [0.2, 0.25) is 0 Å². The average molecular weight is 412 g/mol. The zero-order chi connectivity index (χ0) is 22.1. The maximum absolute atomic E-state index is 13.4. The lowest BCUT2D eigenvalue weighted by Gasteiger charge is -2.32. The van der Waals surface area contributed by atoms with E-state index in [1.165, 1.54) is 4.90 Å². The van der Waals surface area contributed by atoms with Crippen LogP contribution < -0.4 is 5.32 Å². The number of carbonyl (C=O) groups excluding carboxylic acids is 2. The van der Waals surface area contributed by atoms with Crippen molar-refractivity contribution in [2.75, 3.05) is 27.7 Å². The van der Waals surface area contributed by atoms with Gasteiger partial charge in [0.15, 0.2) is 5.69 Å². The topological polar surface area (TPSA) is 70.5 Å². The third-order valence-corrected chi connectivity index (χ3v) is 5.49. The molecular weight excluding hydrogens is 378 g/mol. The van der Waals surface area contributed by atoms with Crippen molar-refractivity contribution in [2.45, 2.75) is 46.3 Å². The molecule has 0 saturated heterocycles. The summed E-state index contributed by atoms with van der Waals surface area (Å²) in [6.45, 7) is 8.28. The Kier molecular flexibility index (Phi) is 6.31. The molecule has 1 N–H and O–H groups in total. The Morgan fingerprint density at radius 1 is 1.13 bits per heavy atom. The molecule has 1 aliphatic heterocycles. The molecular formula is C23H33N5O2. The van der Waals surface area contributed by atoms with Gasteiger partial charge < -0.3 is 19.7 Å². The molecule has 30 heavy (non-hydrogen) atoms. The number of nitrogens with zero attached hydrogens (tertiary/aromatic N) is 4. The highest BCUT2D eigenvalue weighted by Crippen LogP contribution is 2.27. The van der Waals surface area contributed by atoms with Crippen LogP contribution >= 0.6 is 0 Å². The smallest absolute Gasteiger partial charge is 0.272 e. The molecule has 0 saturated carbocycles. The summed E-state index contributed by atoms with van der Waals surface area (Å²) in [6, 6.07) is 9.31. The Labute approximate surface area is 179 Å². The van der Waals surface area contributed by atoms with Crippen LogP contribution in [0.1, 0.15) is 43.4 Å². The lowest BCUT2D eigenvalue weighted by Crippen LogP contribution is -2.53. The molecule has 2 amide bonds. The number of hydrogen-bond acceptors (Lipinski definition) is 4. The number of aromatic nitrogens is 2. The molecule has 1 aromatic heterocycles. The van der Waals surface area contributed by atoms with Gasteiger partial charge in [0.05, 0.1) is 5.69 Å². The number of fused-ring (bicyclic) bond motifs is 1. The van der Waals surface area contributed by atoms with Gasteiger partial charge in [0.1, 0.15) is 11.9 Å². The fourth-order valence-electron chi connectivity index (χ4n) is 3.82. The van der Waals surface area contributed by atoms with Crippen LogP contribution in [0.25, 0.3) is 11.4 Å². The second kappa shape index (κ2) is 8.60. The molecule has 0 radical (unpaired) electrons. The Morgan fingerprint density at radius 2 is 1.80 bits per heavy atom. The molecule has 2 heterocycles. The normalized spacial score (nSPS) is 15.8. The standard InChI is InChI=1S/C23H33N5O2/c1-23(2,3)19(22(30)26(4)5)25-21(29)18-17-15-27(6)13-10-14-28(17)20(24-18)16-11-8-7-9-12-16/h7-9,11-12,19H,10,13-15H2,1-6H3,(H,25,29)/t19-/m1/s1. The predicted molar refractivity (Wildman–Crippen MR) is 118 cm³/mol. The number of likely N-dealkylation sites (N-methyl/N-ethyl adjacent to an activating group) is 1. The van der Waals surface area contributed by atoms with Crippen molar-refractivity contribution < 1.29 is 9.59 Å². The summed E-state index contributed by atoms with van der Waals surface area (Å²) in [5.74, 6) is 0.380. The van der Waals surface area contributed by atoms with E-state index < -0.39 is 11.5 Å². The van der Waals surface area contributed by atoms with Crippen molar-refractivity contribution in [3.8, 4) is 11.4 Å². The molecule has 0 unspecified atom stereocenters. The van der Waals surface area contributed by atoms with Gasteiger partial charge >= 0.3 is 0 Å². The van der Waals surface area contributed by atoms with E-state index in [4.69, 9.17) is 4.98 Å². The van der Waals surface area contributed by atoms with Gasteiger partial charge in [0.25, 0.3) is 5.91 Å². The molecule has 1 aliphatic rings. The predicted octanol–water partition coefficient (Wildman–Crippen LogP) is 2.62. The van der Waals surface area contributed by atoms with Gasteiger partial charge in [0, 0.05) is 32.7 Å². The van der Waals surface area contributed by atoms with Crippen molar-refractivity contribution >= 4 is 11.8 Å². The molecule has 0 bridgehead atoms. The summed E-state index contributed by atoms with van der Waals surface area (Å²) in [5, 5.41) is 2.98. The lowest BCUT2D eigenvalue weighted by atomic mass is 9.85. The van der Waals surface area contributed by atoms with Gasteiger partial charge in [-0.1, -0.05) is 51.1 Å². The summed E-state index contributed by atoms with van der Waals surface area (Å²) in [7, 11) is 5.47. The van der Waals surface area contributed by atoms with Crippen LogP contribution in [0.4, 0.5) is 0 Å². The number of carbonyl (C=O) groups is 2. The highest BCUT2D eigenvalue weighted by molar-refractivity contribution is 5.97. The molecule has 0 fully saturated rings. The Morgan fingerprint density at radius 3 is 2.40 bits per heavy atom. The van der Waals surface area contributed by atoms with Gasteiger partial charge in [-0.05, 0) is 25.4 Å². The van der Waals surface area contributed by atoms with Crippen LogP contribution in [0.15, 0.2) is 30.3 Å². The number of benzene rings is 1. The van der Waals surface area contributed by atoms with E-state index in [0.29, 0.717) is 12.2 Å². The number of nitrogens with one attached hydrogen (secondary N) is 1. The molecule has 7 nitrogen and oxygen atoms in total. The van der Waals surface area contributed by atoms with Crippen LogP contribution in [-0.4, -0.2) is 64.9 Å². The first-order chi connectivity index (χ1) is 14.1. The molecule has 162 valence electrons. The summed E-state index contributed by atoms with van der Waals surface area (Å²) < 4.78 is 2.16. The maximum atomic E-state index is 13.4. The van der Waals surface area contributed by atoms with Gasteiger partial charge in [-0.3, -0.25) is 9.59 Å². The summed E-state index contributed by atoms with van der Waals surface area (Å²) in [4.78, 5) is 34.6. The van der Waals surface area contributed by atoms with Gasteiger partial charge in [-0.2, -0.15) is 0 Å².